The molecule has 0 aliphatic heterocycles. The van der Waals surface area contributed by atoms with Crippen LogP contribution in [0.3, 0.4) is 0 Å². The number of nitrogens with one attached hydrogen (secondary N) is 2. The molecular formula is C16H19FN2O2S. The molecule has 0 fully saturated rings. The molecule has 0 aromatic heterocycles. The largest absolute Gasteiger partial charge is 0.385 e. The Kier molecular flexibility index (Phi) is 5.03. The van der Waals surface area contributed by atoms with E-state index in [-0.39, 0.29) is 4.90 Å². The van der Waals surface area contributed by atoms with E-state index in [2.05, 4.69) is 17.0 Å². The first kappa shape index (κ1) is 16.3. The van der Waals surface area contributed by atoms with Gasteiger partial charge in [0.25, 0.3) is 10.0 Å². The Hall–Kier alpha value is -2.08. The summed E-state index contributed by atoms with van der Waals surface area (Å²) in [5.74, 6) is -0.426. The van der Waals surface area contributed by atoms with Crippen LogP contribution in [-0.4, -0.2) is 15.0 Å². The molecule has 2 rings (SSSR count). The number of hydrogen-bond acceptors (Lipinski definition) is 3. The number of sulfonamides is 1. The molecule has 6 heteroatoms. The molecule has 0 aliphatic carbocycles. The van der Waals surface area contributed by atoms with Crippen molar-refractivity contribution < 1.29 is 12.8 Å². The zero-order valence-electron chi connectivity index (χ0n) is 12.6. The number of benzene rings is 2. The van der Waals surface area contributed by atoms with Gasteiger partial charge in [-0.05, 0) is 61.4 Å². The SMILES string of the molecule is CCCNc1ccc(NS(=O)(=O)c2ccc(F)c(C)c2)cc1. The van der Waals surface area contributed by atoms with Gasteiger partial charge in [0.05, 0.1) is 4.90 Å². The van der Waals surface area contributed by atoms with Crippen LogP contribution < -0.4 is 10.0 Å². The van der Waals surface area contributed by atoms with Crippen molar-refractivity contribution in [3.05, 3.63) is 53.8 Å². The lowest BCUT2D eigenvalue weighted by Crippen LogP contribution is -2.13. The van der Waals surface area contributed by atoms with Gasteiger partial charge in [-0.3, -0.25) is 4.72 Å². The van der Waals surface area contributed by atoms with Crippen LogP contribution in [0, 0.1) is 12.7 Å². The fourth-order valence-electron chi connectivity index (χ4n) is 1.92. The van der Waals surface area contributed by atoms with Gasteiger partial charge < -0.3 is 5.32 Å². The first-order valence-corrected chi connectivity index (χ1v) is 8.53. The third-order valence-corrected chi connectivity index (χ3v) is 4.53. The van der Waals surface area contributed by atoms with Crippen molar-refractivity contribution in [2.45, 2.75) is 25.2 Å². The summed E-state index contributed by atoms with van der Waals surface area (Å²) in [6.45, 7) is 4.46. The van der Waals surface area contributed by atoms with Crippen molar-refractivity contribution in [3.8, 4) is 0 Å². The molecule has 118 valence electrons. The summed E-state index contributed by atoms with van der Waals surface area (Å²) < 4.78 is 40.3. The van der Waals surface area contributed by atoms with Crippen LogP contribution in [0.5, 0.6) is 0 Å². The van der Waals surface area contributed by atoms with Crippen LogP contribution >= 0.6 is 0 Å². The minimum absolute atomic E-state index is 0.0413. The van der Waals surface area contributed by atoms with Crippen LogP contribution in [0.25, 0.3) is 0 Å². The van der Waals surface area contributed by atoms with Gasteiger partial charge in [0.2, 0.25) is 0 Å². The fourth-order valence-corrected chi connectivity index (χ4v) is 3.07. The molecule has 0 radical (unpaired) electrons. The van der Waals surface area contributed by atoms with Gasteiger partial charge in [-0.15, -0.1) is 0 Å². The summed E-state index contributed by atoms with van der Waals surface area (Å²) >= 11 is 0. The molecule has 0 heterocycles. The summed E-state index contributed by atoms with van der Waals surface area (Å²) in [5, 5.41) is 3.21. The van der Waals surface area contributed by atoms with Crippen molar-refractivity contribution in [2.75, 3.05) is 16.6 Å². The average Bonchev–Trinajstić information content (AvgIpc) is 2.49. The van der Waals surface area contributed by atoms with Crippen molar-refractivity contribution in [1.82, 2.24) is 0 Å². The molecule has 22 heavy (non-hydrogen) atoms. The molecule has 4 nitrogen and oxygen atoms in total. The minimum Gasteiger partial charge on any atom is -0.385 e. The minimum atomic E-state index is -3.72. The fraction of sp³-hybridized carbons (Fsp3) is 0.250. The lowest BCUT2D eigenvalue weighted by atomic mass is 10.2. The Bertz CT molecular complexity index is 743. The summed E-state index contributed by atoms with van der Waals surface area (Å²) in [6, 6.07) is 10.7. The smallest absolute Gasteiger partial charge is 0.261 e. The Balaban J connectivity index is 2.16. The standard InChI is InChI=1S/C16H19FN2O2S/c1-3-10-18-13-4-6-14(7-5-13)19-22(20,21)15-8-9-16(17)12(2)11-15/h4-9,11,18-19H,3,10H2,1-2H3. The predicted octanol–water partition coefficient (Wildman–Crippen LogP) is 3.76. The van der Waals surface area contributed by atoms with Crippen LogP contribution in [0.4, 0.5) is 15.8 Å². The Morgan fingerprint density at radius 2 is 1.68 bits per heavy atom. The van der Waals surface area contributed by atoms with E-state index in [1.807, 2.05) is 12.1 Å². The van der Waals surface area contributed by atoms with Crippen molar-refractivity contribution >= 4 is 21.4 Å². The Labute approximate surface area is 130 Å². The third-order valence-electron chi connectivity index (χ3n) is 3.16. The zero-order chi connectivity index (χ0) is 16.2. The lowest BCUT2D eigenvalue weighted by Gasteiger charge is -2.10. The maximum Gasteiger partial charge on any atom is 0.261 e. The highest BCUT2D eigenvalue weighted by atomic mass is 32.2. The second kappa shape index (κ2) is 6.79. The van der Waals surface area contributed by atoms with E-state index in [0.29, 0.717) is 11.3 Å². The molecule has 2 aromatic rings. The van der Waals surface area contributed by atoms with Gasteiger partial charge in [0.1, 0.15) is 5.82 Å². The number of halogens is 1. The van der Waals surface area contributed by atoms with E-state index in [1.165, 1.54) is 19.1 Å². The molecule has 0 saturated carbocycles. The quantitative estimate of drug-likeness (QED) is 0.851. The molecule has 0 unspecified atom stereocenters. The second-order valence-corrected chi connectivity index (χ2v) is 6.70. The lowest BCUT2D eigenvalue weighted by molar-refractivity contribution is 0.598. The van der Waals surface area contributed by atoms with Crippen molar-refractivity contribution in [2.24, 2.45) is 0 Å². The Morgan fingerprint density at radius 1 is 1.05 bits per heavy atom. The van der Waals surface area contributed by atoms with Crippen LogP contribution in [0.1, 0.15) is 18.9 Å². The molecule has 0 saturated heterocycles. The van der Waals surface area contributed by atoms with E-state index in [1.54, 1.807) is 12.1 Å². The van der Waals surface area contributed by atoms with Gasteiger partial charge in [-0.25, -0.2) is 12.8 Å². The van der Waals surface area contributed by atoms with Gasteiger partial charge in [0, 0.05) is 17.9 Å². The number of rotatable bonds is 6. The highest BCUT2D eigenvalue weighted by Gasteiger charge is 2.15. The molecule has 0 atom stereocenters. The molecule has 0 bridgehead atoms. The van der Waals surface area contributed by atoms with E-state index in [9.17, 15) is 12.8 Å². The highest BCUT2D eigenvalue weighted by molar-refractivity contribution is 7.92. The molecule has 2 N–H and O–H groups in total. The first-order chi connectivity index (χ1) is 10.4. The first-order valence-electron chi connectivity index (χ1n) is 7.05. The average molecular weight is 322 g/mol. The maximum atomic E-state index is 13.2. The predicted molar refractivity (Wildman–Crippen MR) is 87.2 cm³/mol. The maximum absolute atomic E-state index is 13.2. The van der Waals surface area contributed by atoms with Gasteiger partial charge in [-0.1, -0.05) is 6.92 Å². The van der Waals surface area contributed by atoms with E-state index in [0.717, 1.165) is 24.7 Å². The molecule has 0 aliphatic rings. The summed E-state index contributed by atoms with van der Waals surface area (Å²) in [7, 11) is -3.72. The second-order valence-electron chi connectivity index (χ2n) is 5.02. The van der Waals surface area contributed by atoms with E-state index >= 15 is 0 Å². The zero-order valence-corrected chi connectivity index (χ0v) is 13.4. The number of aryl methyl sites for hydroxylation is 1. The summed E-state index contributed by atoms with van der Waals surface area (Å²) in [5.41, 5.74) is 1.69. The molecule has 2 aromatic carbocycles. The monoisotopic (exact) mass is 322 g/mol. The number of hydrogen-bond donors (Lipinski definition) is 2. The normalized spacial score (nSPS) is 11.2. The number of anilines is 2. The molecular weight excluding hydrogens is 303 g/mol. The molecule has 0 spiro atoms. The van der Waals surface area contributed by atoms with Crippen LogP contribution in [-0.2, 0) is 10.0 Å². The Morgan fingerprint density at radius 3 is 2.27 bits per heavy atom. The molecule has 0 amide bonds. The van der Waals surface area contributed by atoms with Gasteiger partial charge >= 0.3 is 0 Å². The summed E-state index contributed by atoms with van der Waals surface area (Å²) in [6.07, 6.45) is 1.01. The van der Waals surface area contributed by atoms with Gasteiger partial charge in [-0.2, -0.15) is 0 Å². The highest BCUT2D eigenvalue weighted by Crippen LogP contribution is 2.20. The van der Waals surface area contributed by atoms with E-state index < -0.39 is 15.8 Å². The van der Waals surface area contributed by atoms with Crippen LogP contribution in [0.2, 0.25) is 0 Å². The van der Waals surface area contributed by atoms with Crippen LogP contribution in [0.15, 0.2) is 47.4 Å². The van der Waals surface area contributed by atoms with Gasteiger partial charge in [0.15, 0.2) is 0 Å². The van der Waals surface area contributed by atoms with Crippen molar-refractivity contribution in [3.63, 3.8) is 0 Å². The summed E-state index contributed by atoms with van der Waals surface area (Å²) in [4.78, 5) is 0.0413. The third kappa shape index (κ3) is 3.98. The van der Waals surface area contributed by atoms with E-state index in [4.69, 9.17) is 0 Å². The topological polar surface area (TPSA) is 58.2 Å². The van der Waals surface area contributed by atoms with Crippen molar-refractivity contribution in [1.29, 1.82) is 0 Å².